The monoisotopic (exact) mass is 637 g/mol. The van der Waals surface area contributed by atoms with E-state index in [1.807, 2.05) is 30.3 Å². The molecule has 2 aromatic heterocycles. The summed E-state index contributed by atoms with van der Waals surface area (Å²) < 4.78 is 29.1. The molecule has 3 aromatic rings. The van der Waals surface area contributed by atoms with Crippen molar-refractivity contribution in [2.45, 2.75) is 55.9 Å². The van der Waals surface area contributed by atoms with Crippen molar-refractivity contribution in [3.8, 4) is 10.4 Å². The van der Waals surface area contributed by atoms with Gasteiger partial charge in [-0.2, -0.15) is 4.31 Å². The molecule has 1 aromatic carbocycles. The molecule has 0 spiro atoms. The molecule has 10 nitrogen and oxygen atoms in total. The van der Waals surface area contributed by atoms with E-state index in [1.54, 1.807) is 23.1 Å². The number of hydrogen-bond acceptors (Lipinski definition) is 8. The molecule has 44 heavy (non-hydrogen) atoms. The molecule has 1 atom stereocenters. The predicted octanol–water partition coefficient (Wildman–Crippen LogP) is 4.67. The number of piperazine rings is 1. The number of benzene rings is 1. The van der Waals surface area contributed by atoms with Gasteiger partial charge in [0.15, 0.2) is 0 Å². The van der Waals surface area contributed by atoms with E-state index in [1.165, 1.54) is 10.5 Å². The van der Waals surface area contributed by atoms with Crippen molar-refractivity contribution < 1.29 is 23.1 Å². The first-order valence-electron chi connectivity index (χ1n) is 15.4. The zero-order valence-corrected chi connectivity index (χ0v) is 26.3. The molecule has 0 bridgehead atoms. The van der Waals surface area contributed by atoms with Crippen LogP contribution in [0.1, 0.15) is 54.6 Å². The number of rotatable bonds is 8. The van der Waals surface area contributed by atoms with Gasteiger partial charge in [0.25, 0.3) is 0 Å². The summed E-state index contributed by atoms with van der Waals surface area (Å²) in [5.74, 6) is -0.221. The molecular formula is C32H39N5O5S2. The molecule has 12 heteroatoms. The van der Waals surface area contributed by atoms with Gasteiger partial charge < -0.3 is 20.6 Å². The number of carbonyl (C=O) groups excluding carboxylic acids is 1. The van der Waals surface area contributed by atoms with E-state index in [0.717, 1.165) is 85.6 Å². The number of piperidine rings is 1. The number of amides is 1. The van der Waals surface area contributed by atoms with E-state index in [-0.39, 0.29) is 28.8 Å². The van der Waals surface area contributed by atoms with Gasteiger partial charge in [-0.15, -0.1) is 11.3 Å². The van der Waals surface area contributed by atoms with Crippen LogP contribution in [0.2, 0.25) is 0 Å². The fraction of sp³-hybridized carbons (Fsp3) is 0.469. The minimum absolute atomic E-state index is 0.0508. The van der Waals surface area contributed by atoms with Gasteiger partial charge in [-0.3, -0.25) is 4.79 Å². The molecule has 4 heterocycles. The van der Waals surface area contributed by atoms with Crippen molar-refractivity contribution in [3.63, 3.8) is 0 Å². The van der Waals surface area contributed by atoms with Crippen LogP contribution in [0.25, 0.3) is 10.4 Å². The number of pyridine rings is 1. The summed E-state index contributed by atoms with van der Waals surface area (Å²) in [7, 11) is -4.02. The van der Waals surface area contributed by atoms with Crippen molar-refractivity contribution in [1.29, 1.82) is 0 Å². The number of carboxylic acids is 1. The molecular weight excluding hydrogens is 599 g/mol. The Hall–Kier alpha value is -3.32. The lowest BCUT2D eigenvalue weighted by Gasteiger charge is -2.44. The average molecular weight is 638 g/mol. The first-order chi connectivity index (χ1) is 21.3. The molecule has 6 rings (SSSR count). The lowest BCUT2D eigenvalue weighted by atomic mass is 9.82. The smallest absolute Gasteiger partial charge is 0.348 e. The molecule has 1 unspecified atom stereocenters. The molecule has 1 amide bonds. The number of thiophene rings is 1. The predicted molar refractivity (Wildman–Crippen MR) is 172 cm³/mol. The zero-order chi connectivity index (χ0) is 30.8. The zero-order valence-electron chi connectivity index (χ0n) is 24.7. The molecule has 3 N–H and O–H groups in total. The average Bonchev–Trinajstić information content (AvgIpc) is 3.51. The van der Waals surface area contributed by atoms with Gasteiger partial charge in [0, 0.05) is 30.7 Å². The highest BCUT2D eigenvalue weighted by Gasteiger charge is 2.44. The fourth-order valence-electron chi connectivity index (χ4n) is 6.86. The van der Waals surface area contributed by atoms with Gasteiger partial charge in [0.2, 0.25) is 15.9 Å². The molecule has 2 aliphatic heterocycles. The van der Waals surface area contributed by atoms with Crippen LogP contribution in [-0.2, 0) is 14.8 Å². The molecule has 2 saturated heterocycles. The van der Waals surface area contributed by atoms with Crippen LogP contribution in [0.15, 0.2) is 59.6 Å². The SMILES string of the molecule is NCC1CCN(c2ccc(S(=O)(=O)N3CC(=O)N(c4cc(-c5ccccc5)sc4C(=O)O)C(C4CCCCC4)C3)cn2)CC1. The van der Waals surface area contributed by atoms with Gasteiger partial charge >= 0.3 is 5.97 Å². The molecule has 3 aliphatic rings. The molecule has 1 aliphatic carbocycles. The maximum absolute atomic E-state index is 14.0. The maximum Gasteiger partial charge on any atom is 0.348 e. The van der Waals surface area contributed by atoms with E-state index in [9.17, 15) is 23.1 Å². The first-order valence-corrected chi connectivity index (χ1v) is 17.7. The van der Waals surface area contributed by atoms with Crippen LogP contribution in [0.5, 0.6) is 0 Å². The van der Waals surface area contributed by atoms with Crippen LogP contribution in [0.4, 0.5) is 11.5 Å². The third-order valence-electron chi connectivity index (χ3n) is 9.35. The number of anilines is 2. The first kappa shape index (κ1) is 30.7. The Morgan fingerprint density at radius 3 is 2.39 bits per heavy atom. The molecule has 0 radical (unpaired) electrons. The second-order valence-corrected chi connectivity index (χ2v) is 15.0. The van der Waals surface area contributed by atoms with Crippen molar-refractivity contribution in [2.24, 2.45) is 17.6 Å². The number of sulfonamides is 1. The molecule has 234 valence electrons. The lowest BCUT2D eigenvalue weighted by Crippen LogP contribution is -2.60. The third kappa shape index (κ3) is 6.13. The topological polar surface area (TPSA) is 137 Å². The second-order valence-electron chi connectivity index (χ2n) is 12.0. The van der Waals surface area contributed by atoms with E-state index < -0.39 is 27.9 Å². The number of nitrogens with two attached hydrogens (primary N) is 1. The Kier molecular flexibility index (Phi) is 9.04. The van der Waals surface area contributed by atoms with Crippen LogP contribution in [-0.4, -0.2) is 73.5 Å². The quantitative estimate of drug-likeness (QED) is 0.364. The Labute approximate surface area is 262 Å². The van der Waals surface area contributed by atoms with Crippen LogP contribution >= 0.6 is 11.3 Å². The van der Waals surface area contributed by atoms with Gasteiger partial charge in [-0.05, 0) is 67.8 Å². The summed E-state index contributed by atoms with van der Waals surface area (Å²) in [6.45, 7) is 2.06. The van der Waals surface area contributed by atoms with E-state index in [4.69, 9.17) is 5.73 Å². The Morgan fingerprint density at radius 2 is 1.75 bits per heavy atom. The minimum Gasteiger partial charge on any atom is -0.477 e. The normalized spacial score (nSPS) is 21.1. The number of aromatic carboxylic acids is 1. The number of carboxylic acid groups (broad SMARTS) is 1. The summed E-state index contributed by atoms with van der Waals surface area (Å²) in [6, 6.07) is 14.1. The lowest BCUT2D eigenvalue weighted by molar-refractivity contribution is -0.121. The summed E-state index contributed by atoms with van der Waals surface area (Å²) >= 11 is 1.14. The molecule has 3 fully saturated rings. The highest BCUT2D eigenvalue weighted by molar-refractivity contribution is 7.89. The number of carbonyl (C=O) groups is 2. The van der Waals surface area contributed by atoms with Crippen molar-refractivity contribution in [3.05, 3.63) is 59.6 Å². The largest absolute Gasteiger partial charge is 0.477 e. The fourth-order valence-corrected chi connectivity index (χ4v) is 9.21. The van der Waals surface area contributed by atoms with Crippen LogP contribution in [0, 0.1) is 11.8 Å². The number of nitrogens with zero attached hydrogens (tertiary/aromatic N) is 4. The van der Waals surface area contributed by atoms with Gasteiger partial charge in [0.1, 0.15) is 15.6 Å². The summed E-state index contributed by atoms with van der Waals surface area (Å²) in [5.41, 5.74) is 7.04. The van der Waals surface area contributed by atoms with Crippen LogP contribution in [0.3, 0.4) is 0 Å². The van der Waals surface area contributed by atoms with Gasteiger partial charge in [-0.25, -0.2) is 18.2 Å². The summed E-state index contributed by atoms with van der Waals surface area (Å²) in [5, 5.41) is 10.2. The standard InChI is InChI=1S/C32H39N5O5S2/c33-18-22-13-15-35(16-14-22)29-12-11-25(19-34-29)44(41,42)36-20-27(23-7-3-1-4-8-23)37(30(38)21-36)26-17-28(43-31(26)32(39)40)24-9-5-2-6-10-24/h2,5-6,9-12,17,19,22-23,27H,1,3-4,7-8,13-16,18,20-21,33H2,(H,39,40). The minimum atomic E-state index is -4.02. The Bertz CT molecular complexity index is 1580. The summed E-state index contributed by atoms with van der Waals surface area (Å²) in [4.78, 5) is 35.5. The van der Waals surface area contributed by atoms with Crippen molar-refractivity contribution >= 4 is 44.7 Å². The van der Waals surface area contributed by atoms with Crippen molar-refractivity contribution in [1.82, 2.24) is 9.29 Å². The van der Waals surface area contributed by atoms with Gasteiger partial charge in [0.05, 0.1) is 18.3 Å². The van der Waals surface area contributed by atoms with Crippen LogP contribution < -0.4 is 15.5 Å². The highest BCUT2D eigenvalue weighted by atomic mass is 32.2. The third-order valence-corrected chi connectivity index (χ3v) is 12.3. The Morgan fingerprint density at radius 1 is 1.02 bits per heavy atom. The van der Waals surface area contributed by atoms with E-state index >= 15 is 0 Å². The van der Waals surface area contributed by atoms with E-state index in [0.29, 0.717) is 18.2 Å². The Balaban J connectivity index is 1.29. The van der Waals surface area contributed by atoms with Crippen molar-refractivity contribution in [2.75, 3.05) is 42.5 Å². The molecule has 1 saturated carbocycles. The second kappa shape index (κ2) is 13.0. The number of hydrogen-bond donors (Lipinski definition) is 2. The van der Waals surface area contributed by atoms with Gasteiger partial charge in [-0.1, -0.05) is 49.6 Å². The van der Waals surface area contributed by atoms with E-state index in [2.05, 4.69) is 9.88 Å². The summed E-state index contributed by atoms with van der Waals surface area (Å²) in [6.07, 6.45) is 8.15. The highest BCUT2D eigenvalue weighted by Crippen LogP contribution is 2.42. The maximum atomic E-state index is 14.0. The number of aromatic nitrogens is 1.